The van der Waals surface area contributed by atoms with Crippen molar-refractivity contribution in [3.8, 4) is 0 Å². The van der Waals surface area contributed by atoms with Crippen LogP contribution in [0.3, 0.4) is 0 Å². The predicted octanol–water partition coefficient (Wildman–Crippen LogP) is 3.01. The maximum atomic E-state index is 5.90. The summed E-state index contributed by atoms with van der Waals surface area (Å²) < 4.78 is 0. The van der Waals surface area contributed by atoms with Gasteiger partial charge in [0, 0.05) is 24.7 Å². The molecule has 1 aliphatic rings. The van der Waals surface area contributed by atoms with Gasteiger partial charge in [-0.05, 0) is 31.4 Å². The van der Waals surface area contributed by atoms with E-state index >= 15 is 0 Å². The first-order valence-corrected chi connectivity index (χ1v) is 6.59. The van der Waals surface area contributed by atoms with Gasteiger partial charge in [0.25, 0.3) is 0 Å². The monoisotopic (exact) mass is 254 g/mol. The number of aromatic nitrogens is 2. The summed E-state index contributed by atoms with van der Waals surface area (Å²) in [6.45, 7) is 2.10. The van der Waals surface area contributed by atoms with Gasteiger partial charge in [-0.15, -0.1) is 0 Å². The Morgan fingerprint density at radius 1 is 1.21 bits per heavy atom. The second-order valence-electron chi connectivity index (χ2n) is 5.13. The molecule has 2 N–H and O–H groups in total. The summed E-state index contributed by atoms with van der Waals surface area (Å²) in [5, 5.41) is 0. The molecule has 19 heavy (non-hydrogen) atoms. The van der Waals surface area contributed by atoms with Crippen LogP contribution in [0.1, 0.15) is 30.1 Å². The fourth-order valence-electron chi connectivity index (χ4n) is 2.23. The van der Waals surface area contributed by atoms with Crippen molar-refractivity contribution in [1.82, 2.24) is 9.97 Å². The van der Waals surface area contributed by atoms with Gasteiger partial charge in [0.1, 0.15) is 17.5 Å². The summed E-state index contributed by atoms with van der Waals surface area (Å²) >= 11 is 0. The van der Waals surface area contributed by atoms with E-state index in [4.69, 9.17) is 5.73 Å². The average Bonchev–Trinajstić information content (AvgIpc) is 3.22. The fourth-order valence-corrected chi connectivity index (χ4v) is 2.23. The van der Waals surface area contributed by atoms with E-state index in [1.807, 2.05) is 25.2 Å². The molecule has 0 atom stereocenters. The normalized spacial score (nSPS) is 14.4. The van der Waals surface area contributed by atoms with Gasteiger partial charge in [-0.2, -0.15) is 0 Å². The van der Waals surface area contributed by atoms with Crippen molar-refractivity contribution in [1.29, 1.82) is 0 Å². The zero-order valence-electron chi connectivity index (χ0n) is 11.3. The number of nitrogen functional groups attached to an aromatic ring is 1. The lowest BCUT2D eigenvalue weighted by Gasteiger charge is -2.21. The Bertz CT molecular complexity index is 605. The lowest BCUT2D eigenvalue weighted by Crippen LogP contribution is -2.14. The first-order chi connectivity index (χ1) is 9.15. The van der Waals surface area contributed by atoms with Gasteiger partial charge in [0.15, 0.2) is 0 Å². The van der Waals surface area contributed by atoms with Crippen LogP contribution >= 0.6 is 0 Å². The summed E-state index contributed by atoms with van der Waals surface area (Å²) in [4.78, 5) is 11.1. The molecule has 0 radical (unpaired) electrons. The smallest absolute Gasteiger partial charge is 0.138 e. The van der Waals surface area contributed by atoms with E-state index in [-0.39, 0.29) is 0 Å². The summed E-state index contributed by atoms with van der Waals surface area (Å²) in [5.74, 6) is 2.80. The van der Waals surface area contributed by atoms with E-state index in [1.165, 1.54) is 18.4 Å². The SMILES string of the molecule is Cc1ccccc1N(C)c1cc(N)nc(C2CC2)n1. The van der Waals surface area contributed by atoms with Crippen LogP contribution in [0, 0.1) is 6.92 Å². The zero-order valence-corrected chi connectivity index (χ0v) is 11.3. The lowest BCUT2D eigenvalue weighted by molar-refractivity contribution is 0.919. The third-order valence-corrected chi connectivity index (χ3v) is 3.51. The predicted molar refractivity (Wildman–Crippen MR) is 77.7 cm³/mol. The van der Waals surface area contributed by atoms with Gasteiger partial charge in [0.05, 0.1) is 0 Å². The minimum absolute atomic E-state index is 0.507. The Kier molecular flexibility index (Phi) is 2.85. The first kappa shape index (κ1) is 12.0. The van der Waals surface area contributed by atoms with Crippen molar-refractivity contribution in [3.05, 3.63) is 41.7 Å². The Morgan fingerprint density at radius 2 is 1.95 bits per heavy atom. The van der Waals surface area contributed by atoms with Crippen molar-refractivity contribution in [2.45, 2.75) is 25.7 Å². The molecule has 0 aliphatic heterocycles. The summed E-state index contributed by atoms with van der Waals surface area (Å²) in [5.41, 5.74) is 8.26. The molecule has 3 rings (SSSR count). The van der Waals surface area contributed by atoms with Gasteiger partial charge < -0.3 is 10.6 Å². The van der Waals surface area contributed by atoms with E-state index in [9.17, 15) is 0 Å². The molecule has 2 aromatic rings. The molecule has 0 amide bonds. The standard InChI is InChI=1S/C15H18N4/c1-10-5-3-4-6-12(10)19(2)14-9-13(16)17-15(18-14)11-7-8-11/h3-6,9,11H,7-8H2,1-2H3,(H2,16,17,18). The molecule has 0 saturated heterocycles. The van der Waals surface area contributed by atoms with Crippen LogP contribution in [-0.2, 0) is 0 Å². The van der Waals surface area contributed by atoms with Crippen molar-refractivity contribution in [2.24, 2.45) is 0 Å². The van der Waals surface area contributed by atoms with Crippen LogP contribution in [0.5, 0.6) is 0 Å². The molecule has 0 unspecified atom stereocenters. The van der Waals surface area contributed by atoms with Gasteiger partial charge in [-0.1, -0.05) is 18.2 Å². The van der Waals surface area contributed by atoms with E-state index in [2.05, 4.69) is 33.9 Å². The fraction of sp³-hybridized carbons (Fsp3) is 0.333. The molecule has 1 aliphatic carbocycles. The highest BCUT2D eigenvalue weighted by atomic mass is 15.2. The zero-order chi connectivity index (χ0) is 13.4. The van der Waals surface area contributed by atoms with Crippen molar-refractivity contribution in [2.75, 3.05) is 17.7 Å². The summed E-state index contributed by atoms with van der Waals surface area (Å²) in [7, 11) is 2.01. The molecule has 1 aromatic heterocycles. The van der Waals surface area contributed by atoms with E-state index in [1.54, 1.807) is 0 Å². The maximum absolute atomic E-state index is 5.90. The van der Waals surface area contributed by atoms with Crippen LogP contribution in [0.25, 0.3) is 0 Å². The van der Waals surface area contributed by atoms with Crippen LogP contribution in [0.15, 0.2) is 30.3 Å². The second kappa shape index (κ2) is 4.53. The van der Waals surface area contributed by atoms with Crippen LogP contribution in [-0.4, -0.2) is 17.0 Å². The Hall–Kier alpha value is -2.10. The van der Waals surface area contributed by atoms with E-state index in [0.717, 1.165) is 17.3 Å². The topological polar surface area (TPSA) is 55.0 Å². The maximum Gasteiger partial charge on any atom is 0.138 e. The van der Waals surface area contributed by atoms with Gasteiger partial charge in [-0.3, -0.25) is 0 Å². The van der Waals surface area contributed by atoms with Crippen molar-refractivity contribution < 1.29 is 0 Å². The van der Waals surface area contributed by atoms with Crippen LogP contribution < -0.4 is 10.6 Å². The minimum atomic E-state index is 0.507. The van der Waals surface area contributed by atoms with E-state index < -0.39 is 0 Å². The summed E-state index contributed by atoms with van der Waals surface area (Å²) in [6.07, 6.45) is 2.36. The number of hydrogen-bond donors (Lipinski definition) is 1. The molecule has 1 fully saturated rings. The van der Waals surface area contributed by atoms with Crippen LogP contribution in [0.2, 0.25) is 0 Å². The number of nitrogens with zero attached hydrogens (tertiary/aromatic N) is 3. The number of para-hydroxylation sites is 1. The molecule has 0 bridgehead atoms. The molecular weight excluding hydrogens is 236 g/mol. The minimum Gasteiger partial charge on any atom is -0.384 e. The third-order valence-electron chi connectivity index (χ3n) is 3.51. The average molecular weight is 254 g/mol. The quantitative estimate of drug-likeness (QED) is 0.914. The van der Waals surface area contributed by atoms with Crippen molar-refractivity contribution >= 4 is 17.3 Å². The number of hydrogen-bond acceptors (Lipinski definition) is 4. The Balaban J connectivity index is 1.99. The molecule has 0 spiro atoms. The molecule has 4 heteroatoms. The number of benzene rings is 1. The molecule has 1 heterocycles. The molecule has 1 saturated carbocycles. The highest BCUT2D eigenvalue weighted by Gasteiger charge is 2.27. The van der Waals surface area contributed by atoms with E-state index in [0.29, 0.717) is 11.7 Å². The lowest BCUT2D eigenvalue weighted by atomic mass is 10.2. The van der Waals surface area contributed by atoms with Crippen molar-refractivity contribution in [3.63, 3.8) is 0 Å². The van der Waals surface area contributed by atoms with Gasteiger partial charge in [-0.25, -0.2) is 9.97 Å². The Labute approximate surface area is 113 Å². The Morgan fingerprint density at radius 3 is 2.63 bits per heavy atom. The molecule has 4 nitrogen and oxygen atoms in total. The number of rotatable bonds is 3. The molecule has 98 valence electrons. The molecular formula is C15H18N4. The second-order valence-corrected chi connectivity index (χ2v) is 5.13. The van der Waals surface area contributed by atoms with Crippen LogP contribution in [0.4, 0.5) is 17.3 Å². The molecule has 1 aromatic carbocycles. The number of anilines is 3. The highest BCUT2D eigenvalue weighted by molar-refractivity contribution is 5.64. The van der Waals surface area contributed by atoms with Gasteiger partial charge in [0.2, 0.25) is 0 Å². The highest BCUT2D eigenvalue weighted by Crippen LogP contribution is 2.39. The van der Waals surface area contributed by atoms with Gasteiger partial charge >= 0.3 is 0 Å². The summed E-state index contributed by atoms with van der Waals surface area (Å²) in [6, 6.07) is 10.1. The largest absolute Gasteiger partial charge is 0.384 e. The third kappa shape index (κ3) is 2.38. The number of aryl methyl sites for hydroxylation is 1. The first-order valence-electron chi connectivity index (χ1n) is 6.59. The number of nitrogens with two attached hydrogens (primary N) is 1.